The summed E-state index contributed by atoms with van der Waals surface area (Å²) in [4.78, 5) is 22.5. The molecular formula is C12H14O3. The molecule has 1 aromatic rings. The average Bonchev–Trinajstić information content (AvgIpc) is 2.15. The second-order valence-electron chi connectivity index (χ2n) is 3.43. The van der Waals surface area contributed by atoms with Gasteiger partial charge in [-0.05, 0) is 25.5 Å². The van der Waals surface area contributed by atoms with E-state index in [-0.39, 0.29) is 18.0 Å². The van der Waals surface area contributed by atoms with E-state index in [9.17, 15) is 9.59 Å². The van der Waals surface area contributed by atoms with Crippen molar-refractivity contribution in [2.24, 2.45) is 0 Å². The summed E-state index contributed by atoms with van der Waals surface area (Å²) >= 11 is 0. The van der Waals surface area contributed by atoms with Crippen molar-refractivity contribution in [3.63, 3.8) is 0 Å². The third-order valence-corrected chi connectivity index (χ3v) is 2.12. The fourth-order valence-electron chi connectivity index (χ4n) is 1.56. The van der Waals surface area contributed by atoms with Crippen molar-refractivity contribution in [2.45, 2.75) is 20.3 Å². The molecule has 0 unspecified atom stereocenters. The minimum atomic E-state index is -0.0799. The number of hydrogen-bond acceptors (Lipinski definition) is 3. The van der Waals surface area contributed by atoms with Crippen molar-refractivity contribution in [3.8, 4) is 5.75 Å². The Kier molecular flexibility index (Phi) is 3.61. The predicted octanol–water partition coefficient (Wildman–Crippen LogP) is 2.03. The van der Waals surface area contributed by atoms with Crippen LogP contribution in [0.2, 0.25) is 0 Å². The Balaban J connectivity index is 3.25. The quantitative estimate of drug-likeness (QED) is 0.708. The van der Waals surface area contributed by atoms with Gasteiger partial charge in [0.15, 0.2) is 5.78 Å². The summed E-state index contributed by atoms with van der Waals surface area (Å²) in [5.41, 5.74) is 1.24. The van der Waals surface area contributed by atoms with Crippen LogP contribution in [-0.4, -0.2) is 18.7 Å². The van der Waals surface area contributed by atoms with E-state index in [1.165, 1.54) is 21.0 Å². The third kappa shape index (κ3) is 2.65. The normalized spacial score (nSPS) is 9.80. The highest BCUT2D eigenvalue weighted by molar-refractivity contribution is 5.99. The van der Waals surface area contributed by atoms with Gasteiger partial charge in [0, 0.05) is 6.42 Å². The third-order valence-electron chi connectivity index (χ3n) is 2.12. The number of hydrogen-bond donors (Lipinski definition) is 0. The number of benzene rings is 1. The van der Waals surface area contributed by atoms with Gasteiger partial charge in [-0.2, -0.15) is 0 Å². The first-order chi connectivity index (χ1) is 7.06. The van der Waals surface area contributed by atoms with Crippen molar-refractivity contribution in [2.75, 3.05) is 7.11 Å². The van der Waals surface area contributed by atoms with Gasteiger partial charge in [0.05, 0.1) is 12.7 Å². The number of rotatable bonds is 4. The Labute approximate surface area is 89.1 Å². The summed E-state index contributed by atoms with van der Waals surface area (Å²) in [5, 5.41) is 0. The van der Waals surface area contributed by atoms with E-state index in [0.29, 0.717) is 11.3 Å². The number of Topliss-reactive ketones (excluding diaryl/α,β-unsaturated/α-hetero) is 2. The molecule has 0 radical (unpaired) electrons. The van der Waals surface area contributed by atoms with Gasteiger partial charge in [-0.15, -0.1) is 0 Å². The van der Waals surface area contributed by atoms with E-state index in [0.717, 1.165) is 5.56 Å². The Morgan fingerprint density at radius 1 is 1.27 bits per heavy atom. The standard InChI is InChI=1S/C12H14O3/c1-8(13)7-10-5-4-6-11(15-3)12(10)9(2)14/h4-6H,7H2,1-3H3. The number of ether oxygens (including phenoxy) is 1. The minimum Gasteiger partial charge on any atom is -0.496 e. The zero-order valence-electron chi connectivity index (χ0n) is 9.16. The summed E-state index contributed by atoms with van der Waals surface area (Å²) in [6, 6.07) is 5.28. The van der Waals surface area contributed by atoms with Crippen molar-refractivity contribution in [1.29, 1.82) is 0 Å². The van der Waals surface area contributed by atoms with Crippen molar-refractivity contribution in [1.82, 2.24) is 0 Å². The number of ketones is 2. The van der Waals surface area contributed by atoms with Gasteiger partial charge in [-0.25, -0.2) is 0 Å². The molecule has 0 spiro atoms. The van der Waals surface area contributed by atoms with Crippen LogP contribution in [0.4, 0.5) is 0 Å². The first kappa shape index (κ1) is 11.4. The molecule has 0 aliphatic heterocycles. The number of methoxy groups -OCH3 is 1. The summed E-state index contributed by atoms with van der Waals surface area (Å²) in [7, 11) is 1.51. The maximum absolute atomic E-state index is 11.4. The molecule has 0 atom stereocenters. The van der Waals surface area contributed by atoms with Crippen LogP contribution in [-0.2, 0) is 11.2 Å². The zero-order valence-corrected chi connectivity index (χ0v) is 9.16. The van der Waals surface area contributed by atoms with Crippen LogP contribution in [0.15, 0.2) is 18.2 Å². The molecule has 0 saturated heterocycles. The van der Waals surface area contributed by atoms with Crippen LogP contribution in [0.25, 0.3) is 0 Å². The van der Waals surface area contributed by atoms with Gasteiger partial charge in [-0.1, -0.05) is 12.1 Å². The van der Waals surface area contributed by atoms with E-state index in [2.05, 4.69) is 0 Å². The second-order valence-corrected chi connectivity index (χ2v) is 3.43. The van der Waals surface area contributed by atoms with Crippen molar-refractivity contribution in [3.05, 3.63) is 29.3 Å². The molecule has 0 fully saturated rings. The zero-order chi connectivity index (χ0) is 11.4. The largest absolute Gasteiger partial charge is 0.496 e. The van der Waals surface area contributed by atoms with Crippen LogP contribution >= 0.6 is 0 Å². The molecule has 0 heterocycles. The molecule has 80 valence electrons. The molecule has 3 nitrogen and oxygen atoms in total. The molecule has 3 heteroatoms. The molecule has 0 bridgehead atoms. The maximum atomic E-state index is 11.4. The summed E-state index contributed by atoms with van der Waals surface area (Å²) < 4.78 is 5.10. The smallest absolute Gasteiger partial charge is 0.163 e. The van der Waals surface area contributed by atoms with Gasteiger partial charge >= 0.3 is 0 Å². The molecule has 1 rings (SSSR count). The van der Waals surface area contributed by atoms with Crippen LogP contribution in [0.3, 0.4) is 0 Å². The van der Waals surface area contributed by atoms with Gasteiger partial charge in [0.1, 0.15) is 11.5 Å². The van der Waals surface area contributed by atoms with Crippen LogP contribution in [0, 0.1) is 0 Å². The lowest BCUT2D eigenvalue weighted by Gasteiger charge is -2.10. The fraction of sp³-hybridized carbons (Fsp3) is 0.333. The van der Waals surface area contributed by atoms with Crippen molar-refractivity contribution >= 4 is 11.6 Å². The number of carbonyl (C=O) groups excluding carboxylic acids is 2. The highest BCUT2D eigenvalue weighted by atomic mass is 16.5. The highest BCUT2D eigenvalue weighted by Gasteiger charge is 2.14. The van der Waals surface area contributed by atoms with Crippen LogP contribution in [0.5, 0.6) is 5.75 Å². The minimum absolute atomic E-state index is 0.0331. The molecule has 0 aliphatic carbocycles. The average molecular weight is 206 g/mol. The predicted molar refractivity (Wildman–Crippen MR) is 57.4 cm³/mol. The summed E-state index contributed by atoms with van der Waals surface area (Å²) in [6.45, 7) is 2.98. The van der Waals surface area contributed by atoms with Crippen LogP contribution < -0.4 is 4.74 Å². The first-order valence-electron chi connectivity index (χ1n) is 4.72. The Bertz CT molecular complexity index is 394. The molecule has 0 amide bonds. The lowest BCUT2D eigenvalue weighted by Crippen LogP contribution is -2.06. The maximum Gasteiger partial charge on any atom is 0.163 e. The molecule has 15 heavy (non-hydrogen) atoms. The summed E-state index contributed by atoms with van der Waals surface area (Å²) in [5.74, 6) is 0.482. The van der Waals surface area contributed by atoms with Gasteiger partial charge in [0.25, 0.3) is 0 Å². The van der Waals surface area contributed by atoms with E-state index in [1.807, 2.05) is 0 Å². The lowest BCUT2D eigenvalue weighted by molar-refractivity contribution is -0.116. The van der Waals surface area contributed by atoms with Crippen molar-refractivity contribution < 1.29 is 14.3 Å². The Morgan fingerprint density at radius 2 is 1.93 bits per heavy atom. The molecular weight excluding hydrogens is 192 g/mol. The molecule has 0 aromatic heterocycles. The Hall–Kier alpha value is -1.64. The number of carbonyl (C=O) groups is 2. The molecule has 0 saturated carbocycles. The van der Waals surface area contributed by atoms with E-state index < -0.39 is 0 Å². The molecule has 0 aliphatic rings. The van der Waals surface area contributed by atoms with Gasteiger partial charge in [-0.3, -0.25) is 9.59 Å². The van der Waals surface area contributed by atoms with E-state index >= 15 is 0 Å². The molecule has 0 N–H and O–H groups in total. The summed E-state index contributed by atoms with van der Waals surface area (Å²) in [6.07, 6.45) is 0.270. The topological polar surface area (TPSA) is 43.4 Å². The second kappa shape index (κ2) is 4.73. The fourth-order valence-corrected chi connectivity index (χ4v) is 1.56. The monoisotopic (exact) mass is 206 g/mol. The first-order valence-corrected chi connectivity index (χ1v) is 4.72. The van der Waals surface area contributed by atoms with E-state index in [1.54, 1.807) is 18.2 Å². The SMILES string of the molecule is COc1cccc(CC(C)=O)c1C(C)=O. The lowest BCUT2D eigenvalue weighted by atomic mass is 9.99. The Morgan fingerprint density at radius 3 is 2.40 bits per heavy atom. The van der Waals surface area contributed by atoms with E-state index in [4.69, 9.17) is 4.74 Å². The molecule has 1 aromatic carbocycles. The van der Waals surface area contributed by atoms with Gasteiger partial charge < -0.3 is 4.74 Å². The van der Waals surface area contributed by atoms with Crippen LogP contribution in [0.1, 0.15) is 29.8 Å². The highest BCUT2D eigenvalue weighted by Crippen LogP contribution is 2.23. The van der Waals surface area contributed by atoms with Gasteiger partial charge in [0.2, 0.25) is 0 Å².